The zero-order chi connectivity index (χ0) is 15.6. The quantitative estimate of drug-likeness (QED) is 0.591. The molecule has 0 bridgehead atoms. The summed E-state index contributed by atoms with van der Waals surface area (Å²) in [6.07, 6.45) is 12.2. The molecule has 0 unspecified atom stereocenters. The highest BCUT2D eigenvalue weighted by Gasteiger charge is 2.06. The maximum Gasteiger partial charge on any atom is -0.00157 e. The van der Waals surface area contributed by atoms with E-state index in [1.807, 2.05) is 0 Å². The lowest BCUT2D eigenvalue weighted by molar-refractivity contribution is 0.281. The van der Waals surface area contributed by atoms with Crippen LogP contribution in [0.4, 0.5) is 0 Å². The van der Waals surface area contributed by atoms with Crippen molar-refractivity contribution >= 4 is 0 Å². The Morgan fingerprint density at radius 3 is 2.27 bits per heavy atom. The molecule has 0 amide bonds. The molecule has 1 nitrogen and oxygen atoms in total. The molecule has 0 spiro atoms. The van der Waals surface area contributed by atoms with Crippen LogP contribution >= 0.6 is 0 Å². The molecule has 0 radical (unpaired) electrons. The van der Waals surface area contributed by atoms with Gasteiger partial charge in [-0.25, -0.2) is 0 Å². The Labute approximate surface area is 136 Å². The summed E-state index contributed by atoms with van der Waals surface area (Å²) in [5.41, 5.74) is 4.64. The van der Waals surface area contributed by atoms with Crippen LogP contribution in [0.3, 0.4) is 0 Å². The van der Waals surface area contributed by atoms with Crippen LogP contribution in [0.2, 0.25) is 0 Å². The Hall–Kier alpha value is -1.34. The Kier molecular flexibility index (Phi) is 7.45. The van der Waals surface area contributed by atoms with Crippen molar-refractivity contribution in [3.8, 4) is 0 Å². The van der Waals surface area contributed by atoms with E-state index >= 15 is 0 Å². The number of hydrogen-bond acceptors (Lipinski definition) is 1. The summed E-state index contributed by atoms with van der Waals surface area (Å²) in [6, 6.07) is 10.9. The normalized spacial score (nSPS) is 14.9. The molecule has 120 valence electrons. The van der Waals surface area contributed by atoms with Gasteiger partial charge in [0.1, 0.15) is 0 Å². The summed E-state index contributed by atoms with van der Waals surface area (Å²) in [5.74, 6) is 0. The second-order valence-corrected chi connectivity index (χ2v) is 6.46. The molecule has 0 aliphatic heterocycles. The summed E-state index contributed by atoms with van der Waals surface area (Å²) in [7, 11) is 0. The minimum absolute atomic E-state index is 1.17. The van der Waals surface area contributed by atoms with Gasteiger partial charge in [-0.3, -0.25) is 0 Å². The Bertz CT molecular complexity index is 484. The van der Waals surface area contributed by atoms with Crippen molar-refractivity contribution in [2.75, 3.05) is 19.6 Å². The van der Waals surface area contributed by atoms with E-state index in [1.165, 1.54) is 69.3 Å². The van der Waals surface area contributed by atoms with Crippen molar-refractivity contribution in [3.05, 3.63) is 59.2 Å². The standard InChI is InChI=1S/C21H31N/c1-3-22(17-7-11-20-9-5-4-6-10-20)18-8-12-21-15-13-19(2)14-16-21/h4-6,9-10,13,15H,3,7-8,11-12,14,16-18H2,1-2H3. The first-order valence-corrected chi connectivity index (χ1v) is 8.89. The van der Waals surface area contributed by atoms with Gasteiger partial charge in [0.05, 0.1) is 0 Å². The highest BCUT2D eigenvalue weighted by molar-refractivity contribution is 5.22. The number of benzene rings is 1. The first-order chi connectivity index (χ1) is 10.8. The van der Waals surface area contributed by atoms with Crippen molar-refractivity contribution in [1.29, 1.82) is 0 Å². The van der Waals surface area contributed by atoms with Crippen molar-refractivity contribution in [2.45, 2.75) is 52.4 Å². The molecular formula is C21H31N. The van der Waals surface area contributed by atoms with E-state index in [9.17, 15) is 0 Å². The first-order valence-electron chi connectivity index (χ1n) is 8.89. The number of hydrogen-bond donors (Lipinski definition) is 0. The molecule has 1 aliphatic carbocycles. The van der Waals surface area contributed by atoms with E-state index in [-0.39, 0.29) is 0 Å². The Morgan fingerprint density at radius 1 is 0.909 bits per heavy atom. The number of rotatable bonds is 9. The summed E-state index contributed by atoms with van der Waals surface area (Å²) < 4.78 is 0. The molecule has 0 saturated carbocycles. The lowest BCUT2D eigenvalue weighted by atomic mass is 9.96. The predicted molar refractivity (Wildman–Crippen MR) is 97.2 cm³/mol. The first kappa shape index (κ1) is 17.0. The molecule has 2 rings (SSSR count). The lowest BCUT2D eigenvalue weighted by Gasteiger charge is -2.21. The van der Waals surface area contributed by atoms with Crippen LogP contribution in [-0.4, -0.2) is 24.5 Å². The van der Waals surface area contributed by atoms with Crippen LogP contribution in [-0.2, 0) is 6.42 Å². The van der Waals surface area contributed by atoms with Gasteiger partial charge in [-0.1, -0.05) is 60.6 Å². The molecule has 0 aromatic heterocycles. The van der Waals surface area contributed by atoms with Crippen LogP contribution in [0.25, 0.3) is 0 Å². The van der Waals surface area contributed by atoms with Crippen LogP contribution in [0.15, 0.2) is 53.6 Å². The van der Waals surface area contributed by atoms with Gasteiger partial charge < -0.3 is 4.90 Å². The van der Waals surface area contributed by atoms with E-state index in [0.29, 0.717) is 0 Å². The Balaban J connectivity index is 1.63. The molecule has 0 fully saturated rings. The summed E-state index contributed by atoms with van der Waals surface area (Å²) >= 11 is 0. The minimum Gasteiger partial charge on any atom is -0.304 e. The molecule has 1 aromatic carbocycles. The molecule has 0 heterocycles. The number of aryl methyl sites for hydroxylation is 1. The fourth-order valence-corrected chi connectivity index (χ4v) is 3.10. The average Bonchev–Trinajstić information content (AvgIpc) is 2.56. The summed E-state index contributed by atoms with van der Waals surface area (Å²) in [4.78, 5) is 2.60. The maximum absolute atomic E-state index is 2.60. The number of nitrogens with zero attached hydrogens (tertiary/aromatic N) is 1. The van der Waals surface area contributed by atoms with Crippen molar-refractivity contribution < 1.29 is 0 Å². The van der Waals surface area contributed by atoms with Crippen molar-refractivity contribution in [3.63, 3.8) is 0 Å². The van der Waals surface area contributed by atoms with Gasteiger partial charge in [0.2, 0.25) is 0 Å². The fourth-order valence-electron chi connectivity index (χ4n) is 3.10. The topological polar surface area (TPSA) is 3.24 Å². The van der Waals surface area contributed by atoms with Gasteiger partial charge in [-0.2, -0.15) is 0 Å². The molecule has 1 heteroatoms. The molecule has 0 atom stereocenters. The van der Waals surface area contributed by atoms with E-state index < -0.39 is 0 Å². The Morgan fingerprint density at radius 2 is 1.64 bits per heavy atom. The molecule has 22 heavy (non-hydrogen) atoms. The zero-order valence-corrected chi connectivity index (χ0v) is 14.4. The second kappa shape index (κ2) is 9.63. The van der Waals surface area contributed by atoms with Crippen LogP contribution < -0.4 is 0 Å². The van der Waals surface area contributed by atoms with Gasteiger partial charge in [-0.15, -0.1) is 0 Å². The SMILES string of the molecule is CCN(CCCC1=CC=C(C)CC1)CCCc1ccccc1. The molecule has 1 aliphatic rings. The molecule has 0 N–H and O–H groups in total. The number of allylic oxidation sites excluding steroid dienone is 4. The van der Waals surface area contributed by atoms with Gasteiger partial charge in [-0.05, 0) is 70.6 Å². The van der Waals surface area contributed by atoms with E-state index in [1.54, 1.807) is 5.57 Å². The average molecular weight is 297 g/mol. The van der Waals surface area contributed by atoms with Gasteiger partial charge >= 0.3 is 0 Å². The third kappa shape index (κ3) is 6.19. The van der Waals surface area contributed by atoms with Crippen LogP contribution in [0.5, 0.6) is 0 Å². The molecule has 1 aromatic rings. The van der Waals surface area contributed by atoms with Crippen LogP contribution in [0.1, 0.15) is 51.5 Å². The van der Waals surface area contributed by atoms with Gasteiger partial charge in [0, 0.05) is 0 Å². The van der Waals surface area contributed by atoms with Gasteiger partial charge in [0.25, 0.3) is 0 Å². The summed E-state index contributed by atoms with van der Waals surface area (Å²) in [6.45, 7) is 8.16. The summed E-state index contributed by atoms with van der Waals surface area (Å²) in [5, 5.41) is 0. The van der Waals surface area contributed by atoms with E-state index in [2.05, 4.69) is 61.2 Å². The zero-order valence-electron chi connectivity index (χ0n) is 14.4. The predicted octanol–water partition coefficient (Wildman–Crippen LogP) is 5.39. The van der Waals surface area contributed by atoms with Crippen molar-refractivity contribution in [2.24, 2.45) is 0 Å². The molecular weight excluding hydrogens is 266 g/mol. The highest BCUT2D eigenvalue weighted by atomic mass is 15.1. The maximum atomic E-state index is 2.60. The largest absolute Gasteiger partial charge is 0.304 e. The third-order valence-corrected chi connectivity index (χ3v) is 4.65. The highest BCUT2D eigenvalue weighted by Crippen LogP contribution is 2.21. The van der Waals surface area contributed by atoms with Crippen molar-refractivity contribution in [1.82, 2.24) is 4.90 Å². The monoisotopic (exact) mass is 297 g/mol. The smallest absolute Gasteiger partial charge is 0.00157 e. The van der Waals surface area contributed by atoms with E-state index in [4.69, 9.17) is 0 Å². The van der Waals surface area contributed by atoms with Crippen LogP contribution in [0, 0.1) is 0 Å². The third-order valence-electron chi connectivity index (χ3n) is 4.65. The second-order valence-electron chi connectivity index (χ2n) is 6.46. The molecule has 0 saturated heterocycles. The fraction of sp³-hybridized carbons (Fsp3) is 0.524. The minimum atomic E-state index is 1.17. The van der Waals surface area contributed by atoms with Gasteiger partial charge in [0.15, 0.2) is 0 Å². The lowest BCUT2D eigenvalue weighted by Crippen LogP contribution is -2.26. The van der Waals surface area contributed by atoms with E-state index in [0.717, 1.165) is 0 Å².